The highest BCUT2D eigenvalue weighted by Crippen LogP contribution is 2.36. The molecule has 1 amide bonds. The van der Waals surface area contributed by atoms with Gasteiger partial charge in [0.1, 0.15) is 0 Å². The number of nitrogens with zero attached hydrogens (tertiary/aromatic N) is 4. The lowest BCUT2D eigenvalue weighted by Gasteiger charge is -2.53. The molecule has 4 aromatic rings. The third-order valence-electron chi connectivity index (χ3n) is 9.52. The van der Waals surface area contributed by atoms with Gasteiger partial charge in [0.25, 0.3) is 5.91 Å². The summed E-state index contributed by atoms with van der Waals surface area (Å²) in [7, 11) is -3.78. The molecule has 3 aliphatic rings. The molecule has 2 atom stereocenters. The first kappa shape index (κ1) is 29.2. The number of rotatable bonds is 5. The minimum Gasteiger partial charge on any atom is -0.619 e. The van der Waals surface area contributed by atoms with Crippen LogP contribution in [-0.4, -0.2) is 72.7 Å². The molecule has 4 heterocycles. The van der Waals surface area contributed by atoms with Gasteiger partial charge in [0.05, 0.1) is 4.90 Å². The average molecular weight is 631 g/mol. The van der Waals surface area contributed by atoms with E-state index in [1.807, 2.05) is 41.3 Å². The van der Waals surface area contributed by atoms with E-state index in [2.05, 4.69) is 4.90 Å². The van der Waals surface area contributed by atoms with Crippen LogP contribution in [0, 0.1) is 5.21 Å². The van der Waals surface area contributed by atoms with Crippen LogP contribution in [0.4, 0.5) is 0 Å². The Balaban J connectivity index is 1.16. The summed E-state index contributed by atoms with van der Waals surface area (Å²) in [6.07, 6.45) is 8.03. The average Bonchev–Trinajstić information content (AvgIpc) is 3.04. The fourth-order valence-corrected chi connectivity index (χ4v) is 9.02. The number of carbonyl (C=O) groups is 1. The normalized spacial score (nSPS) is 23.1. The van der Waals surface area contributed by atoms with Gasteiger partial charge in [-0.25, -0.2) is 8.42 Å². The van der Waals surface area contributed by atoms with Gasteiger partial charge in [0.15, 0.2) is 12.4 Å². The molecule has 8 nitrogen and oxygen atoms in total. The van der Waals surface area contributed by atoms with Crippen LogP contribution < -0.4 is 4.73 Å². The number of piperidine rings is 2. The van der Waals surface area contributed by atoms with E-state index in [0.717, 1.165) is 52.6 Å². The molecule has 2 bridgehead atoms. The molecule has 0 aliphatic carbocycles. The first-order chi connectivity index (χ1) is 21.3. The van der Waals surface area contributed by atoms with Gasteiger partial charge in [0.2, 0.25) is 10.0 Å². The number of fused-ring (bicyclic) bond motifs is 3. The first-order valence-electron chi connectivity index (χ1n) is 15.3. The molecule has 10 heteroatoms. The number of benzene rings is 3. The van der Waals surface area contributed by atoms with E-state index >= 15 is 0 Å². The largest absolute Gasteiger partial charge is 0.619 e. The molecule has 3 aliphatic heterocycles. The number of carbonyl (C=O) groups excluding carboxylic acids is 1. The highest BCUT2D eigenvalue weighted by Gasteiger charge is 2.47. The Morgan fingerprint density at radius 3 is 2.07 bits per heavy atom. The molecule has 3 saturated heterocycles. The van der Waals surface area contributed by atoms with Crippen LogP contribution in [0.5, 0.6) is 0 Å². The third-order valence-corrected chi connectivity index (χ3v) is 11.6. The lowest BCUT2D eigenvalue weighted by Crippen LogP contribution is -2.67. The zero-order valence-electron chi connectivity index (χ0n) is 24.4. The molecule has 0 N–H and O–H groups in total. The van der Waals surface area contributed by atoms with Crippen molar-refractivity contribution in [3.05, 3.63) is 101 Å². The SMILES string of the molecule is O=C(c1ccc(-c2cc[n+]([O-])cc2)cc1)N1C2CC(N3CCCCC3)CC1CN(S(=O)(=O)c1ccc3cc(Cl)ccc3c1)C2. The van der Waals surface area contributed by atoms with E-state index in [1.165, 1.54) is 31.7 Å². The van der Waals surface area contributed by atoms with Crippen LogP contribution in [0.1, 0.15) is 42.5 Å². The van der Waals surface area contributed by atoms with Gasteiger partial charge in [-0.15, -0.1) is 0 Å². The summed E-state index contributed by atoms with van der Waals surface area (Å²) in [6.45, 7) is 2.67. The Kier molecular flexibility index (Phi) is 7.82. The number of hydrogen-bond donors (Lipinski definition) is 0. The maximum Gasteiger partial charge on any atom is 0.254 e. The zero-order chi connectivity index (χ0) is 30.4. The van der Waals surface area contributed by atoms with Crippen molar-refractivity contribution in [3.63, 3.8) is 0 Å². The number of likely N-dealkylation sites (tertiary alicyclic amines) is 1. The van der Waals surface area contributed by atoms with Crippen LogP contribution >= 0.6 is 11.6 Å². The fraction of sp³-hybridized carbons (Fsp3) is 0.353. The van der Waals surface area contributed by atoms with Crippen molar-refractivity contribution in [2.24, 2.45) is 0 Å². The monoisotopic (exact) mass is 630 g/mol. The minimum atomic E-state index is -3.78. The van der Waals surface area contributed by atoms with Gasteiger partial charge in [-0.2, -0.15) is 9.04 Å². The van der Waals surface area contributed by atoms with E-state index in [9.17, 15) is 18.4 Å². The highest BCUT2D eigenvalue weighted by atomic mass is 35.5. The summed E-state index contributed by atoms with van der Waals surface area (Å²) >= 11 is 6.14. The molecule has 7 rings (SSSR count). The number of halogens is 1. The Labute approximate surface area is 263 Å². The van der Waals surface area contributed by atoms with Crippen molar-refractivity contribution in [3.8, 4) is 11.1 Å². The van der Waals surface area contributed by atoms with Crippen LogP contribution in [-0.2, 0) is 10.0 Å². The predicted molar refractivity (Wildman–Crippen MR) is 171 cm³/mol. The number of sulfonamides is 1. The molecule has 2 unspecified atom stereocenters. The van der Waals surface area contributed by atoms with Crippen molar-refractivity contribution in [2.45, 2.75) is 55.1 Å². The molecular weight excluding hydrogens is 596 g/mol. The molecule has 1 aromatic heterocycles. The molecule has 44 heavy (non-hydrogen) atoms. The molecule has 228 valence electrons. The van der Waals surface area contributed by atoms with Gasteiger partial charge in [0, 0.05) is 53.9 Å². The summed E-state index contributed by atoms with van der Waals surface area (Å²) in [6, 6.07) is 21.5. The van der Waals surface area contributed by atoms with E-state index < -0.39 is 10.0 Å². The second-order valence-electron chi connectivity index (χ2n) is 12.2. The van der Waals surface area contributed by atoms with Gasteiger partial charge in [-0.3, -0.25) is 4.79 Å². The quantitative estimate of drug-likeness (QED) is 0.220. The van der Waals surface area contributed by atoms with E-state index in [-0.39, 0.29) is 36.0 Å². The zero-order valence-corrected chi connectivity index (χ0v) is 26.0. The van der Waals surface area contributed by atoms with Crippen LogP contribution in [0.2, 0.25) is 5.02 Å². The molecule has 0 spiro atoms. The topological polar surface area (TPSA) is 87.9 Å². The minimum absolute atomic E-state index is 0.0614. The van der Waals surface area contributed by atoms with Crippen molar-refractivity contribution < 1.29 is 17.9 Å². The highest BCUT2D eigenvalue weighted by molar-refractivity contribution is 7.89. The van der Waals surface area contributed by atoms with Crippen LogP contribution in [0.3, 0.4) is 0 Å². The van der Waals surface area contributed by atoms with Gasteiger partial charge in [-0.05, 0) is 97.1 Å². The van der Waals surface area contributed by atoms with Crippen molar-refractivity contribution in [1.82, 2.24) is 14.1 Å². The third kappa shape index (κ3) is 5.58. The van der Waals surface area contributed by atoms with E-state index in [1.54, 1.807) is 40.7 Å². The maximum atomic E-state index is 14.1. The summed E-state index contributed by atoms with van der Waals surface area (Å²) in [5, 5.41) is 13.8. The molecule has 0 saturated carbocycles. The summed E-state index contributed by atoms with van der Waals surface area (Å²) in [5.41, 5.74) is 2.40. The number of aromatic nitrogens is 1. The second kappa shape index (κ2) is 11.8. The number of pyridine rings is 1. The lowest BCUT2D eigenvalue weighted by molar-refractivity contribution is -0.605. The molecule has 0 radical (unpaired) electrons. The van der Waals surface area contributed by atoms with Crippen molar-refractivity contribution in [1.29, 1.82) is 0 Å². The number of amides is 1. The molecular formula is C34H35ClN4O4S. The summed E-state index contributed by atoms with van der Waals surface area (Å²) in [5.74, 6) is -0.0614. The predicted octanol–water partition coefficient (Wildman–Crippen LogP) is 5.33. The fourth-order valence-electron chi connectivity index (χ4n) is 7.29. The van der Waals surface area contributed by atoms with Gasteiger partial charge in [-0.1, -0.05) is 42.3 Å². The molecule has 3 aromatic carbocycles. The van der Waals surface area contributed by atoms with E-state index in [0.29, 0.717) is 16.6 Å². The van der Waals surface area contributed by atoms with Crippen molar-refractivity contribution >= 4 is 38.3 Å². The lowest BCUT2D eigenvalue weighted by atomic mass is 9.86. The van der Waals surface area contributed by atoms with Crippen molar-refractivity contribution in [2.75, 3.05) is 26.2 Å². The molecule has 3 fully saturated rings. The Morgan fingerprint density at radius 1 is 0.773 bits per heavy atom. The number of piperazine rings is 1. The van der Waals surface area contributed by atoms with Crippen LogP contribution in [0.15, 0.2) is 90.1 Å². The summed E-state index contributed by atoms with van der Waals surface area (Å²) < 4.78 is 30.4. The van der Waals surface area contributed by atoms with E-state index in [4.69, 9.17) is 11.6 Å². The Morgan fingerprint density at radius 2 is 1.39 bits per heavy atom. The van der Waals surface area contributed by atoms with Gasteiger partial charge >= 0.3 is 0 Å². The Hall–Kier alpha value is -3.50. The number of hydrogen-bond acceptors (Lipinski definition) is 5. The van der Waals surface area contributed by atoms with Gasteiger partial charge < -0.3 is 15.0 Å². The van der Waals surface area contributed by atoms with Crippen LogP contribution in [0.25, 0.3) is 21.9 Å². The first-order valence-corrected chi connectivity index (χ1v) is 17.1. The summed E-state index contributed by atoms with van der Waals surface area (Å²) in [4.78, 5) is 18.9. The smallest absolute Gasteiger partial charge is 0.254 e. The standard InChI is InChI=1S/C34H35ClN4O4S/c35-29-10-8-28-19-33(11-9-27(28)18-29)44(42,43)38-22-31-20-30(36-14-2-1-3-15-36)21-32(23-38)39(31)34(40)26-6-4-24(5-7-26)25-12-16-37(41)17-13-25/h4-13,16-19,30-32H,1-3,14-15,20-23H2. The Bertz CT molecular complexity index is 1780. The maximum absolute atomic E-state index is 14.1. The second-order valence-corrected chi connectivity index (χ2v) is 14.6.